The van der Waals surface area contributed by atoms with E-state index in [0.29, 0.717) is 24.3 Å². The lowest BCUT2D eigenvalue weighted by molar-refractivity contribution is -0.141. The van der Waals surface area contributed by atoms with E-state index < -0.39 is 18.0 Å². The Morgan fingerprint density at radius 3 is 2.48 bits per heavy atom. The molecule has 0 saturated carbocycles. The molecule has 4 rings (SSSR count). The molecule has 2 N–H and O–H groups in total. The van der Waals surface area contributed by atoms with Gasteiger partial charge in [0, 0.05) is 30.4 Å². The number of anilines is 2. The molecule has 2 saturated heterocycles. The summed E-state index contributed by atoms with van der Waals surface area (Å²) in [5, 5.41) is 11.1. The van der Waals surface area contributed by atoms with Gasteiger partial charge in [0.2, 0.25) is 0 Å². The van der Waals surface area contributed by atoms with Gasteiger partial charge in [-0.25, -0.2) is 14.8 Å². The Morgan fingerprint density at radius 1 is 1.19 bits per heavy atom. The number of fused-ring (bicyclic) bond motifs is 2. The summed E-state index contributed by atoms with van der Waals surface area (Å²) in [4.78, 5) is 21.5. The first-order valence-corrected chi connectivity index (χ1v) is 9.83. The van der Waals surface area contributed by atoms with Crippen molar-refractivity contribution in [3.63, 3.8) is 0 Å². The summed E-state index contributed by atoms with van der Waals surface area (Å²) in [5.41, 5.74) is -0.261. The van der Waals surface area contributed by atoms with E-state index >= 15 is 0 Å². The maximum Gasteiger partial charge on any atom is 0.433 e. The minimum absolute atomic E-state index is 0.00227. The summed E-state index contributed by atoms with van der Waals surface area (Å²) in [6.45, 7) is 0.534. The molecule has 2 unspecified atom stereocenters. The summed E-state index contributed by atoms with van der Waals surface area (Å²) in [7, 11) is 0. The fraction of sp³-hybridized carbons (Fsp3) is 0.450. The first kappa shape index (κ1) is 21.3. The molecule has 2 aliphatic heterocycles. The molecule has 31 heavy (non-hydrogen) atoms. The smallest absolute Gasteiger partial charge is 0.433 e. The average molecular weight is 438 g/mol. The number of aliphatic hydroxyl groups excluding tert-OH is 1. The molecule has 0 aliphatic carbocycles. The predicted octanol–water partition coefficient (Wildman–Crippen LogP) is 3.07. The lowest BCUT2D eigenvalue weighted by atomic mass is 10.2. The topological polar surface area (TPSA) is 96.8 Å². The van der Waals surface area contributed by atoms with Gasteiger partial charge in [0.05, 0.1) is 18.8 Å². The van der Waals surface area contributed by atoms with E-state index in [2.05, 4.69) is 15.3 Å². The van der Waals surface area contributed by atoms with Gasteiger partial charge in [-0.3, -0.25) is 5.32 Å². The second-order valence-corrected chi connectivity index (χ2v) is 7.36. The Kier molecular flexibility index (Phi) is 5.96. The van der Waals surface area contributed by atoms with Crippen molar-refractivity contribution in [2.45, 2.75) is 31.2 Å². The Morgan fingerprint density at radius 2 is 1.87 bits per heavy atom. The third-order valence-corrected chi connectivity index (χ3v) is 5.08. The number of rotatable bonds is 5. The minimum Gasteiger partial charge on any atom is -0.447 e. The zero-order chi connectivity index (χ0) is 22.0. The largest absolute Gasteiger partial charge is 0.447 e. The van der Waals surface area contributed by atoms with E-state index in [1.54, 1.807) is 0 Å². The normalized spacial score (nSPS) is 20.6. The minimum atomic E-state index is -4.62. The lowest BCUT2D eigenvalue weighted by Gasteiger charge is -2.33. The molecule has 2 bridgehead atoms. The maximum atomic E-state index is 13.5. The molecular formula is C20H21F3N4O4. The van der Waals surface area contributed by atoms with E-state index in [1.165, 1.54) is 24.3 Å². The number of amides is 1. The van der Waals surface area contributed by atoms with Crippen LogP contribution in [0.15, 0.2) is 30.3 Å². The van der Waals surface area contributed by atoms with Crippen molar-refractivity contribution in [2.75, 3.05) is 36.5 Å². The first-order valence-electron chi connectivity index (χ1n) is 9.83. The van der Waals surface area contributed by atoms with Gasteiger partial charge in [0.25, 0.3) is 0 Å². The summed E-state index contributed by atoms with van der Waals surface area (Å²) in [6.07, 6.45) is -3.58. The zero-order valence-corrected chi connectivity index (χ0v) is 16.4. The highest BCUT2D eigenvalue weighted by molar-refractivity contribution is 5.85. The molecule has 8 nitrogen and oxygen atoms in total. The molecule has 2 fully saturated rings. The van der Waals surface area contributed by atoms with Crippen molar-refractivity contribution in [1.82, 2.24) is 9.97 Å². The van der Waals surface area contributed by atoms with Crippen LogP contribution in [0.1, 0.15) is 18.5 Å². The van der Waals surface area contributed by atoms with Crippen LogP contribution in [0.2, 0.25) is 0 Å². The molecule has 1 amide bonds. The number of hydrogen-bond donors (Lipinski definition) is 2. The fourth-order valence-electron chi connectivity index (χ4n) is 3.67. The average Bonchev–Trinajstić information content (AvgIpc) is 3.09. The van der Waals surface area contributed by atoms with Gasteiger partial charge in [0.1, 0.15) is 12.4 Å². The third kappa shape index (κ3) is 5.05. The molecule has 3 heterocycles. The van der Waals surface area contributed by atoms with Gasteiger partial charge >= 0.3 is 12.3 Å². The van der Waals surface area contributed by atoms with Crippen molar-refractivity contribution in [2.24, 2.45) is 0 Å². The third-order valence-electron chi connectivity index (χ3n) is 5.08. The van der Waals surface area contributed by atoms with Crippen LogP contribution in [0, 0.1) is 0 Å². The van der Waals surface area contributed by atoms with Crippen LogP contribution in [0.5, 0.6) is 0 Å². The highest BCUT2D eigenvalue weighted by atomic mass is 19.4. The number of nitrogens with zero attached hydrogens (tertiary/aromatic N) is 3. The molecule has 0 radical (unpaired) electrons. The van der Waals surface area contributed by atoms with Crippen LogP contribution in [0.4, 0.5) is 29.5 Å². The summed E-state index contributed by atoms with van der Waals surface area (Å²) < 4.78 is 50.9. The van der Waals surface area contributed by atoms with E-state index in [1.807, 2.05) is 4.90 Å². The van der Waals surface area contributed by atoms with Crippen molar-refractivity contribution in [1.29, 1.82) is 0 Å². The van der Waals surface area contributed by atoms with Crippen molar-refractivity contribution in [3.8, 4) is 11.4 Å². The molecule has 0 spiro atoms. The van der Waals surface area contributed by atoms with Gasteiger partial charge in [-0.1, -0.05) is 0 Å². The van der Waals surface area contributed by atoms with Crippen LogP contribution in [0.25, 0.3) is 11.4 Å². The number of benzene rings is 1. The van der Waals surface area contributed by atoms with E-state index in [0.717, 1.165) is 18.9 Å². The van der Waals surface area contributed by atoms with Crippen LogP contribution < -0.4 is 10.2 Å². The van der Waals surface area contributed by atoms with Crippen LogP contribution in [-0.4, -0.2) is 59.7 Å². The molecule has 2 aromatic rings. The molecule has 11 heteroatoms. The highest BCUT2D eigenvalue weighted by Crippen LogP contribution is 2.34. The van der Waals surface area contributed by atoms with Crippen LogP contribution in [0.3, 0.4) is 0 Å². The molecule has 1 aromatic carbocycles. The number of halogens is 3. The summed E-state index contributed by atoms with van der Waals surface area (Å²) in [6, 6.07) is 7.02. The van der Waals surface area contributed by atoms with E-state index in [4.69, 9.17) is 14.6 Å². The van der Waals surface area contributed by atoms with Gasteiger partial charge in [-0.15, -0.1) is 0 Å². The number of ether oxygens (including phenoxy) is 2. The second kappa shape index (κ2) is 8.67. The Hall–Kier alpha value is -2.92. The van der Waals surface area contributed by atoms with Crippen molar-refractivity contribution in [3.05, 3.63) is 36.0 Å². The van der Waals surface area contributed by atoms with Gasteiger partial charge in [-0.05, 0) is 37.1 Å². The zero-order valence-electron chi connectivity index (χ0n) is 16.4. The van der Waals surface area contributed by atoms with Gasteiger partial charge < -0.3 is 19.5 Å². The Balaban J connectivity index is 1.59. The number of carbonyl (C=O) groups excluding carboxylic acids is 1. The maximum absolute atomic E-state index is 13.5. The SMILES string of the molecule is O=C(Nc1ccc(-c2nc(N3CC4CCC(C3)O4)cc(C(F)(F)F)n2)cc1)OCCO. The second-order valence-electron chi connectivity index (χ2n) is 7.36. The van der Waals surface area contributed by atoms with Gasteiger partial charge in [0.15, 0.2) is 11.5 Å². The number of nitrogens with one attached hydrogen (secondary N) is 1. The highest BCUT2D eigenvalue weighted by Gasteiger charge is 2.37. The Labute approximate surface area is 176 Å². The molecule has 2 aliphatic rings. The number of morpholine rings is 1. The molecule has 1 aromatic heterocycles. The summed E-state index contributed by atoms with van der Waals surface area (Å²) in [5.74, 6) is 0.158. The molecule has 2 atom stereocenters. The number of hydrogen-bond acceptors (Lipinski definition) is 7. The standard InChI is InChI=1S/C20H21F3N4O4/c21-20(22,23)16-9-17(27-10-14-5-6-15(11-27)31-14)26-18(25-16)12-1-3-13(4-2-12)24-19(29)30-8-7-28/h1-4,9,14-15,28H,5-8,10-11H2,(H,24,29). The number of carbonyl (C=O) groups is 1. The van der Waals surface area contributed by atoms with Gasteiger partial charge in [-0.2, -0.15) is 13.2 Å². The lowest BCUT2D eigenvalue weighted by Crippen LogP contribution is -2.43. The number of aliphatic hydroxyl groups is 1. The van der Waals surface area contributed by atoms with E-state index in [9.17, 15) is 18.0 Å². The fourth-order valence-corrected chi connectivity index (χ4v) is 3.67. The Bertz CT molecular complexity index is 927. The quantitative estimate of drug-likeness (QED) is 0.741. The summed E-state index contributed by atoms with van der Waals surface area (Å²) >= 11 is 0. The van der Waals surface area contributed by atoms with Crippen LogP contribution >= 0.6 is 0 Å². The monoisotopic (exact) mass is 438 g/mol. The number of aromatic nitrogens is 2. The van der Waals surface area contributed by atoms with Crippen molar-refractivity contribution < 1.29 is 32.5 Å². The molecule has 166 valence electrons. The molecular weight excluding hydrogens is 417 g/mol. The number of alkyl halides is 3. The van der Waals surface area contributed by atoms with Crippen LogP contribution in [-0.2, 0) is 15.7 Å². The first-order chi connectivity index (χ1) is 14.8. The van der Waals surface area contributed by atoms with Crippen molar-refractivity contribution >= 4 is 17.6 Å². The van der Waals surface area contributed by atoms with E-state index in [-0.39, 0.29) is 37.1 Å². The predicted molar refractivity (Wildman–Crippen MR) is 105 cm³/mol.